The zero-order valence-corrected chi connectivity index (χ0v) is 10.5. The monoisotopic (exact) mass is 230 g/mol. The second kappa shape index (κ2) is 5.04. The molecular weight excluding hydrogens is 208 g/mol. The lowest BCUT2D eigenvalue weighted by molar-refractivity contribution is 0.149. The van der Waals surface area contributed by atoms with Crippen LogP contribution >= 0.6 is 11.8 Å². The number of hydrogen-bond acceptors (Lipinski definition) is 4. The van der Waals surface area contributed by atoms with Gasteiger partial charge >= 0.3 is 0 Å². The molecule has 0 spiro atoms. The highest BCUT2D eigenvalue weighted by atomic mass is 32.2. The van der Waals surface area contributed by atoms with Crippen LogP contribution in [0, 0.1) is 5.92 Å². The average molecular weight is 230 g/mol. The Balaban J connectivity index is 1.87. The minimum atomic E-state index is 0.252. The van der Waals surface area contributed by atoms with Gasteiger partial charge in [-0.15, -0.1) is 0 Å². The highest BCUT2D eigenvalue weighted by Gasteiger charge is 2.31. The highest BCUT2D eigenvalue weighted by molar-refractivity contribution is 8.00. The molecule has 15 heavy (non-hydrogen) atoms. The number of thioether (sulfide) groups is 1. The molecule has 4 heteroatoms. The summed E-state index contributed by atoms with van der Waals surface area (Å²) in [5.41, 5.74) is 6.02. The summed E-state index contributed by atoms with van der Waals surface area (Å²) in [5.74, 6) is 1.80. The highest BCUT2D eigenvalue weighted by Crippen LogP contribution is 2.26. The van der Waals surface area contributed by atoms with E-state index >= 15 is 0 Å². The second-order valence-corrected chi connectivity index (χ2v) is 6.26. The van der Waals surface area contributed by atoms with Crippen molar-refractivity contribution in [3.8, 4) is 0 Å². The number of ether oxygens (including phenoxy) is 1. The zero-order valence-electron chi connectivity index (χ0n) is 9.69. The largest absolute Gasteiger partial charge is 0.379 e. The molecule has 0 bridgehead atoms. The third-order valence-electron chi connectivity index (χ3n) is 3.73. The van der Waals surface area contributed by atoms with E-state index < -0.39 is 0 Å². The van der Waals surface area contributed by atoms with Crippen LogP contribution in [-0.4, -0.2) is 54.3 Å². The van der Waals surface area contributed by atoms with Gasteiger partial charge in [0.15, 0.2) is 0 Å². The van der Waals surface area contributed by atoms with Gasteiger partial charge in [0.1, 0.15) is 0 Å². The maximum Gasteiger partial charge on any atom is 0.0621 e. The molecule has 0 saturated carbocycles. The van der Waals surface area contributed by atoms with Crippen LogP contribution in [0.1, 0.15) is 13.8 Å². The predicted molar refractivity (Wildman–Crippen MR) is 65.2 cm³/mol. The molecule has 4 atom stereocenters. The van der Waals surface area contributed by atoms with Gasteiger partial charge in [0.05, 0.1) is 13.2 Å². The molecule has 0 amide bonds. The van der Waals surface area contributed by atoms with Crippen LogP contribution < -0.4 is 5.73 Å². The Bertz CT molecular complexity index is 215. The van der Waals surface area contributed by atoms with Crippen LogP contribution in [0.25, 0.3) is 0 Å². The molecule has 0 aromatic rings. The number of nitrogens with zero attached hydrogens (tertiary/aromatic N) is 1. The number of hydrogen-bond donors (Lipinski definition) is 1. The topological polar surface area (TPSA) is 38.5 Å². The van der Waals surface area contributed by atoms with Crippen LogP contribution in [0.5, 0.6) is 0 Å². The first kappa shape index (κ1) is 11.7. The lowest BCUT2D eigenvalue weighted by Crippen LogP contribution is -2.49. The Labute approximate surface area is 96.7 Å². The van der Waals surface area contributed by atoms with Crippen molar-refractivity contribution in [1.29, 1.82) is 0 Å². The Kier molecular flexibility index (Phi) is 3.93. The van der Waals surface area contributed by atoms with Crippen molar-refractivity contribution in [3.63, 3.8) is 0 Å². The summed E-state index contributed by atoms with van der Waals surface area (Å²) in [7, 11) is 0. The molecule has 2 saturated heterocycles. The maximum atomic E-state index is 6.02. The summed E-state index contributed by atoms with van der Waals surface area (Å²) < 4.78 is 5.42. The van der Waals surface area contributed by atoms with E-state index in [1.165, 1.54) is 12.3 Å². The molecule has 0 aromatic heterocycles. The molecular formula is C11H22N2OS. The SMILES string of the molecule is CC1SCCN(CC2COCC2N)C1C. The summed E-state index contributed by atoms with van der Waals surface area (Å²) in [6.07, 6.45) is 0. The fraction of sp³-hybridized carbons (Fsp3) is 1.00. The van der Waals surface area contributed by atoms with Crippen molar-refractivity contribution in [2.45, 2.75) is 31.2 Å². The summed E-state index contributed by atoms with van der Waals surface area (Å²) in [5, 5.41) is 0.747. The second-order valence-electron chi connectivity index (χ2n) is 4.77. The van der Waals surface area contributed by atoms with E-state index in [1.54, 1.807) is 0 Å². The molecule has 0 aliphatic carbocycles. The number of nitrogens with two attached hydrogens (primary N) is 1. The summed E-state index contributed by atoms with van der Waals surface area (Å²) in [6.45, 7) is 8.58. The standard InChI is InChI=1S/C11H22N2OS/c1-8-9(2)15-4-3-13(8)5-10-6-14-7-11(10)12/h8-11H,3-7,12H2,1-2H3. The lowest BCUT2D eigenvalue weighted by Gasteiger charge is -2.39. The summed E-state index contributed by atoms with van der Waals surface area (Å²) in [4.78, 5) is 2.58. The molecule has 2 aliphatic heterocycles. The van der Waals surface area contributed by atoms with Crippen LogP contribution in [0.4, 0.5) is 0 Å². The Morgan fingerprint density at radius 1 is 1.40 bits per heavy atom. The van der Waals surface area contributed by atoms with E-state index in [4.69, 9.17) is 10.5 Å². The van der Waals surface area contributed by atoms with Crippen molar-refractivity contribution in [2.24, 2.45) is 11.7 Å². The van der Waals surface area contributed by atoms with E-state index in [9.17, 15) is 0 Å². The fourth-order valence-electron chi connectivity index (χ4n) is 2.36. The van der Waals surface area contributed by atoms with Gasteiger partial charge in [-0.2, -0.15) is 11.8 Å². The molecule has 2 fully saturated rings. The Hall–Kier alpha value is 0.230. The normalized spacial score (nSPS) is 43.4. The average Bonchev–Trinajstić information content (AvgIpc) is 2.60. The van der Waals surface area contributed by atoms with E-state index in [0.29, 0.717) is 12.0 Å². The van der Waals surface area contributed by atoms with Gasteiger partial charge in [-0.25, -0.2) is 0 Å². The molecule has 2 aliphatic rings. The van der Waals surface area contributed by atoms with E-state index in [-0.39, 0.29) is 6.04 Å². The van der Waals surface area contributed by atoms with E-state index in [2.05, 4.69) is 30.5 Å². The predicted octanol–water partition coefficient (Wildman–Crippen LogP) is 0.786. The van der Waals surface area contributed by atoms with Crippen LogP contribution in [0.2, 0.25) is 0 Å². The van der Waals surface area contributed by atoms with Gasteiger partial charge in [0.25, 0.3) is 0 Å². The van der Waals surface area contributed by atoms with Gasteiger partial charge in [-0.1, -0.05) is 6.92 Å². The lowest BCUT2D eigenvalue weighted by atomic mass is 10.0. The van der Waals surface area contributed by atoms with Crippen LogP contribution in [0.15, 0.2) is 0 Å². The minimum absolute atomic E-state index is 0.252. The Morgan fingerprint density at radius 3 is 2.87 bits per heavy atom. The van der Waals surface area contributed by atoms with Gasteiger partial charge in [-0.3, -0.25) is 4.90 Å². The van der Waals surface area contributed by atoms with Crippen molar-refractivity contribution in [1.82, 2.24) is 4.90 Å². The first-order valence-corrected chi connectivity index (χ1v) is 6.92. The Morgan fingerprint density at radius 2 is 2.20 bits per heavy atom. The van der Waals surface area contributed by atoms with Gasteiger partial charge < -0.3 is 10.5 Å². The minimum Gasteiger partial charge on any atom is -0.379 e. The molecule has 2 heterocycles. The molecule has 3 nitrogen and oxygen atoms in total. The summed E-state index contributed by atoms with van der Waals surface area (Å²) in [6, 6.07) is 0.929. The molecule has 0 radical (unpaired) electrons. The van der Waals surface area contributed by atoms with Crippen molar-refractivity contribution < 1.29 is 4.74 Å². The first-order chi connectivity index (χ1) is 7.18. The quantitative estimate of drug-likeness (QED) is 0.761. The van der Waals surface area contributed by atoms with Crippen LogP contribution in [0.3, 0.4) is 0 Å². The molecule has 0 aromatic carbocycles. The van der Waals surface area contributed by atoms with Crippen molar-refractivity contribution in [3.05, 3.63) is 0 Å². The third-order valence-corrected chi connectivity index (χ3v) is 5.07. The third kappa shape index (κ3) is 2.67. The summed E-state index contributed by atoms with van der Waals surface area (Å²) >= 11 is 2.08. The van der Waals surface area contributed by atoms with Gasteiger partial charge in [-0.05, 0) is 6.92 Å². The zero-order chi connectivity index (χ0) is 10.8. The van der Waals surface area contributed by atoms with Crippen LogP contribution in [-0.2, 0) is 4.74 Å². The van der Waals surface area contributed by atoms with Gasteiger partial charge in [0.2, 0.25) is 0 Å². The first-order valence-electron chi connectivity index (χ1n) is 5.87. The molecule has 2 N–H and O–H groups in total. The van der Waals surface area contributed by atoms with E-state index in [1.807, 2.05) is 0 Å². The molecule has 4 unspecified atom stereocenters. The van der Waals surface area contributed by atoms with E-state index in [0.717, 1.165) is 25.0 Å². The molecule has 2 rings (SSSR count). The van der Waals surface area contributed by atoms with Crippen molar-refractivity contribution in [2.75, 3.05) is 32.1 Å². The smallest absolute Gasteiger partial charge is 0.0621 e. The molecule has 88 valence electrons. The maximum absolute atomic E-state index is 6.02. The number of rotatable bonds is 2. The van der Waals surface area contributed by atoms with Crippen molar-refractivity contribution >= 4 is 11.8 Å². The van der Waals surface area contributed by atoms with Gasteiger partial charge in [0, 0.05) is 42.1 Å². The fourth-order valence-corrected chi connectivity index (χ4v) is 3.52.